The van der Waals surface area contributed by atoms with Crippen LogP contribution in [0, 0.1) is 6.92 Å². The summed E-state index contributed by atoms with van der Waals surface area (Å²) in [4.78, 5) is 0. The van der Waals surface area contributed by atoms with E-state index >= 15 is 0 Å². The maximum Gasteiger partial charge on any atom is 0.0677 e. The fraction of sp³-hybridized carbons (Fsp3) is 0.400. The Labute approximate surface area is 119 Å². The van der Waals surface area contributed by atoms with E-state index < -0.39 is 0 Å². The monoisotopic (exact) mass is 277 g/mol. The molecule has 1 N–H and O–H groups in total. The van der Waals surface area contributed by atoms with Crippen molar-refractivity contribution in [1.82, 2.24) is 15.1 Å². The molecular formula is C15H20ClN3. The summed E-state index contributed by atoms with van der Waals surface area (Å²) in [5.74, 6) is 0. The van der Waals surface area contributed by atoms with Crippen LogP contribution in [-0.2, 0) is 13.1 Å². The van der Waals surface area contributed by atoms with Crippen LogP contribution >= 0.6 is 11.6 Å². The predicted octanol–water partition coefficient (Wildman–Crippen LogP) is 3.39. The topological polar surface area (TPSA) is 29.9 Å². The Kier molecular flexibility index (Phi) is 5.00. The molecule has 4 heteroatoms. The van der Waals surface area contributed by atoms with Crippen LogP contribution in [0.1, 0.15) is 30.2 Å². The summed E-state index contributed by atoms with van der Waals surface area (Å²) in [6, 6.07) is 7.91. The van der Waals surface area contributed by atoms with Crippen molar-refractivity contribution in [3.8, 4) is 0 Å². The SMILES string of the molecule is CCCNCc1cnn(Cc2ccccc2Cl)c1C. The molecule has 1 aromatic heterocycles. The summed E-state index contributed by atoms with van der Waals surface area (Å²) >= 11 is 6.18. The van der Waals surface area contributed by atoms with E-state index in [2.05, 4.69) is 24.3 Å². The van der Waals surface area contributed by atoms with Crippen molar-refractivity contribution < 1.29 is 0 Å². The molecule has 0 bridgehead atoms. The van der Waals surface area contributed by atoms with Gasteiger partial charge in [0, 0.05) is 22.8 Å². The smallest absolute Gasteiger partial charge is 0.0677 e. The first kappa shape index (κ1) is 14.1. The first-order valence-corrected chi connectivity index (χ1v) is 7.05. The van der Waals surface area contributed by atoms with Crippen molar-refractivity contribution in [1.29, 1.82) is 0 Å². The molecule has 3 nitrogen and oxygen atoms in total. The zero-order valence-corrected chi connectivity index (χ0v) is 12.2. The number of halogens is 1. The Morgan fingerprint density at radius 1 is 1.26 bits per heavy atom. The molecule has 19 heavy (non-hydrogen) atoms. The van der Waals surface area contributed by atoms with Gasteiger partial charge < -0.3 is 5.32 Å². The summed E-state index contributed by atoms with van der Waals surface area (Å²) in [5, 5.41) is 8.64. The third-order valence-corrected chi connectivity index (χ3v) is 3.59. The summed E-state index contributed by atoms with van der Waals surface area (Å²) in [6.07, 6.45) is 3.08. The molecule has 2 aromatic rings. The lowest BCUT2D eigenvalue weighted by Crippen LogP contribution is -2.14. The van der Waals surface area contributed by atoms with Crippen molar-refractivity contribution in [2.24, 2.45) is 0 Å². The van der Waals surface area contributed by atoms with E-state index in [0.29, 0.717) is 0 Å². The minimum atomic E-state index is 0.722. The molecule has 102 valence electrons. The van der Waals surface area contributed by atoms with Gasteiger partial charge in [0.25, 0.3) is 0 Å². The molecule has 0 aliphatic heterocycles. The van der Waals surface area contributed by atoms with Gasteiger partial charge in [-0.05, 0) is 31.5 Å². The van der Waals surface area contributed by atoms with E-state index in [0.717, 1.165) is 36.6 Å². The van der Waals surface area contributed by atoms with Crippen LogP contribution < -0.4 is 5.32 Å². The Hall–Kier alpha value is -1.32. The van der Waals surface area contributed by atoms with Gasteiger partial charge in [0.15, 0.2) is 0 Å². The van der Waals surface area contributed by atoms with Gasteiger partial charge in [-0.3, -0.25) is 4.68 Å². The van der Waals surface area contributed by atoms with Gasteiger partial charge >= 0.3 is 0 Å². The van der Waals surface area contributed by atoms with Crippen LogP contribution in [0.3, 0.4) is 0 Å². The first-order valence-electron chi connectivity index (χ1n) is 6.67. The summed E-state index contributed by atoms with van der Waals surface area (Å²) in [7, 11) is 0. The Bertz CT molecular complexity index is 534. The average Bonchev–Trinajstić information content (AvgIpc) is 2.75. The summed E-state index contributed by atoms with van der Waals surface area (Å²) < 4.78 is 2.00. The van der Waals surface area contributed by atoms with Gasteiger partial charge in [-0.15, -0.1) is 0 Å². The van der Waals surface area contributed by atoms with Gasteiger partial charge in [-0.1, -0.05) is 36.7 Å². The fourth-order valence-corrected chi connectivity index (χ4v) is 2.20. The maximum absolute atomic E-state index is 6.18. The van der Waals surface area contributed by atoms with Crippen molar-refractivity contribution in [3.05, 3.63) is 52.3 Å². The van der Waals surface area contributed by atoms with Crippen LogP contribution in [0.4, 0.5) is 0 Å². The van der Waals surface area contributed by atoms with E-state index in [4.69, 9.17) is 11.6 Å². The van der Waals surface area contributed by atoms with Gasteiger partial charge in [-0.25, -0.2) is 0 Å². The summed E-state index contributed by atoms with van der Waals surface area (Å²) in [6.45, 7) is 6.91. The number of nitrogens with one attached hydrogen (secondary N) is 1. The molecule has 0 unspecified atom stereocenters. The molecule has 0 aliphatic rings. The van der Waals surface area contributed by atoms with Crippen molar-refractivity contribution in [3.63, 3.8) is 0 Å². The molecule has 2 rings (SSSR count). The zero-order chi connectivity index (χ0) is 13.7. The molecule has 0 amide bonds. The van der Waals surface area contributed by atoms with Crippen LogP contribution in [0.2, 0.25) is 5.02 Å². The summed E-state index contributed by atoms with van der Waals surface area (Å²) in [5.41, 5.74) is 3.55. The van der Waals surface area contributed by atoms with E-state index in [1.54, 1.807) is 0 Å². The Morgan fingerprint density at radius 3 is 2.79 bits per heavy atom. The molecule has 0 saturated carbocycles. The van der Waals surface area contributed by atoms with Crippen LogP contribution in [0.25, 0.3) is 0 Å². The lowest BCUT2D eigenvalue weighted by molar-refractivity contribution is 0.651. The minimum absolute atomic E-state index is 0.722. The Balaban J connectivity index is 2.07. The highest BCUT2D eigenvalue weighted by molar-refractivity contribution is 6.31. The molecule has 0 fully saturated rings. The number of nitrogens with zero attached hydrogens (tertiary/aromatic N) is 2. The Morgan fingerprint density at radius 2 is 2.05 bits per heavy atom. The number of hydrogen-bond donors (Lipinski definition) is 1. The number of aromatic nitrogens is 2. The zero-order valence-electron chi connectivity index (χ0n) is 11.5. The van der Waals surface area contributed by atoms with Gasteiger partial charge in [-0.2, -0.15) is 5.10 Å². The van der Waals surface area contributed by atoms with E-state index in [1.807, 2.05) is 35.1 Å². The number of rotatable bonds is 6. The largest absolute Gasteiger partial charge is 0.313 e. The highest BCUT2D eigenvalue weighted by atomic mass is 35.5. The van der Waals surface area contributed by atoms with E-state index in [9.17, 15) is 0 Å². The normalized spacial score (nSPS) is 10.9. The van der Waals surface area contributed by atoms with Crippen LogP contribution in [0.15, 0.2) is 30.5 Å². The van der Waals surface area contributed by atoms with Crippen LogP contribution in [0.5, 0.6) is 0 Å². The molecular weight excluding hydrogens is 258 g/mol. The molecule has 0 atom stereocenters. The number of benzene rings is 1. The third-order valence-electron chi connectivity index (χ3n) is 3.23. The highest BCUT2D eigenvalue weighted by Crippen LogP contribution is 2.17. The quantitative estimate of drug-likeness (QED) is 0.820. The first-order chi connectivity index (χ1) is 9.22. The fourth-order valence-electron chi connectivity index (χ4n) is 2.01. The van der Waals surface area contributed by atoms with Crippen molar-refractivity contribution in [2.45, 2.75) is 33.4 Å². The predicted molar refractivity (Wildman–Crippen MR) is 79.5 cm³/mol. The molecule has 1 heterocycles. The lowest BCUT2D eigenvalue weighted by atomic mass is 10.2. The molecule has 0 spiro atoms. The molecule has 0 saturated heterocycles. The average molecular weight is 278 g/mol. The highest BCUT2D eigenvalue weighted by Gasteiger charge is 2.07. The van der Waals surface area contributed by atoms with E-state index in [-0.39, 0.29) is 0 Å². The van der Waals surface area contributed by atoms with Crippen molar-refractivity contribution in [2.75, 3.05) is 6.54 Å². The molecule has 0 aliphatic carbocycles. The number of hydrogen-bond acceptors (Lipinski definition) is 2. The van der Waals surface area contributed by atoms with Crippen LogP contribution in [-0.4, -0.2) is 16.3 Å². The lowest BCUT2D eigenvalue weighted by Gasteiger charge is -2.08. The second kappa shape index (κ2) is 6.73. The standard InChI is InChI=1S/C15H20ClN3/c1-3-8-17-9-14-10-18-19(12(14)2)11-13-6-4-5-7-15(13)16/h4-7,10,17H,3,8-9,11H2,1-2H3. The van der Waals surface area contributed by atoms with Gasteiger partial charge in [0.05, 0.1) is 12.7 Å². The van der Waals surface area contributed by atoms with Gasteiger partial charge in [0.1, 0.15) is 0 Å². The second-order valence-electron chi connectivity index (χ2n) is 4.68. The third kappa shape index (κ3) is 3.58. The maximum atomic E-state index is 6.18. The van der Waals surface area contributed by atoms with E-state index in [1.165, 1.54) is 11.3 Å². The molecule has 1 aromatic carbocycles. The minimum Gasteiger partial charge on any atom is -0.313 e. The van der Waals surface area contributed by atoms with Gasteiger partial charge in [0.2, 0.25) is 0 Å². The van der Waals surface area contributed by atoms with Crippen molar-refractivity contribution >= 4 is 11.6 Å². The second-order valence-corrected chi connectivity index (χ2v) is 5.09. The molecule has 0 radical (unpaired) electrons.